The van der Waals surface area contributed by atoms with E-state index in [1.54, 1.807) is 13.1 Å². The van der Waals surface area contributed by atoms with E-state index in [4.69, 9.17) is 17.3 Å². The highest BCUT2D eigenvalue weighted by Crippen LogP contribution is 2.49. The quantitative estimate of drug-likeness (QED) is 0.577. The number of halogens is 1. The summed E-state index contributed by atoms with van der Waals surface area (Å²) in [6, 6.07) is 6.16. The Morgan fingerprint density at radius 1 is 1.29 bits per heavy atom. The van der Waals surface area contributed by atoms with E-state index in [1.807, 2.05) is 17.5 Å². The topological polar surface area (TPSA) is 91.4 Å². The number of fused-ring (bicyclic) bond motifs is 2. The van der Waals surface area contributed by atoms with Gasteiger partial charge in [0.1, 0.15) is 10.0 Å². The van der Waals surface area contributed by atoms with Gasteiger partial charge in [-0.25, -0.2) is 9.97 Å². The molecular formula is C22H21ClN6OS. The molecular weight excluding hydrogens is 432 g/mol. The molecule has 1 atom stereocenters. The van der Waals surface area contributed by atoms with Crippen LogP contribution < -0.4 is 10.6 Å². The van der Waals surface area contributed by atoms with E-state index in [0.717, 1.165) is 30.9 Å². The molecule has 31 heavy (non-hydrogen) atoms. The Bertz CT molecular complexity index is 1210. The van der Waals surface area contributed by atoms with Crippen LogP contribution >= 0.6 is 22.9 Å². The first-order valence-electron chi connectivity index (χ1n) is 9.82. The van der Waals surface area contributed by atoms with Crippen LogP contribution in [0.1, 0.15) is 23.1 Å². The molecule has 2 aliphatic rings. The van der Waals surface area contributed by atoms with Crippen molar-refractivity contribution in [1.82, 2.24) is 19.9 Å². The van der Waals surface area contributed by atoms with Gasteiger partial charge in [-0.15, -0.1) is 11.3 Å². The number of rotatable bonds is 2. The molecule has 0 radical (unpaired) electrons. The highest BCUT2D eigenvalue weighted by molar-refractivity contribution is 7.09. The Labute approximate surface area is 189 Å². The van der Waals surface area contributed by atoms with Crippen LogP contribution in [0.2, 0.25) is 5.02 Å². The van der Waals surface area contributed by atoms with Crippen molar-refractivity contribution in [2.75, 3.05) is 37.3 Å². The van der Waals surface area contributed by atoms with Crippen LogP contribution in [0, 0.1) is 11.8 Å². The highest BCUT2D eigenvalue weighted by atomic mass is 35.5. The number of hydrogen-bond acceptors (Lipinski definition) is 8. The molecule has 2 aromatic heterocycles. The fraction of sp³-hybridized carbons (Fsp3) is 0.318. The fourth-order valence-electron chi connectivity index (χ4n) is 4.47. The van der Waals surface area contributed by atoms with Crippen LogP contribution in [0.15, 0.2) is 36.0 Å². The molecule has 0 amide bonds. The van der Waals surface area contributed by atoms with Crippen molar-refractivity contribution in [3.05, 3.63) is 57.1 Å². The molecule has 9 heteroatoms. The third-order valence-corrected chi connectivity index (χ3v) is 7.02. The molecule has 1 unspecified atom stereocenters. The smallest absolute Gasteiger partial charge is 0.222 e. The average molecular weight is 453 g/mol. The van der Waals surface area contributed by atoms with Crippen molar-refractivity contribution in [2.45, 2.75) is 17.9 Å². The first-order chi connectivity index (χ1) is 14.8. The number of likely N-dealkylation sites (tertiary alicyclic amines) is 1. The minimum atomic E-state index is -1.31. The molecule has 0 aliphatic carbocycles. The molecule has 1 aromatic carbocycles. The number of hydrogen-bond donors (Lipinski definition) is 2. The molecule has 3 aromatic rings. The van der Waals surface area contributed by atoms with Gasteiger partial charge in [-0.2, -0.15) is 4.98 Å². The summed E-state index contributed by atoms with van der Waals surface area (Å²) in [5.74, 6) is 6.85. The lowest BCUT2D eigenvalue weighted by molar-refractivity contribution is 0.107. The molecule has 158 valence electrons. The normalized spacial score (nSPS) is 18.8. The van der Waals surface area contributed by atoms with Crippen LogP contribution in [-0.4, -0.2) is 51.6 Å². The molecule has 3 N–H and O–H groups in total. The molecule has 7 nitrogen and oxygen atoms in total. The second-order valence-electron chi connectivity index (χ2n) is 8.33. The van der Waals surface area contributed by atoms with Gasteiger partial charge in [-0.05, 0) is 31.7 Å². The maximum absolute atomic E-state index is 10.7. The molecule has 0 saturated carbocycles. The van der Waals surface area contributed by atoms with Crippen LogP contribution in [0.3, 0.4) is 0 Å². The summed E-state index contributed by atoms with van der Waals surface area (Å²) in [5.41, 5.74) is 7.61. The second kappa shape index (κ2) is 7.18. The van der Waals surface area contributed by atoms with Gasteiger partial charge in [-0.1, -0.05) is 29.5 Å². The summed E-state index contributed by atoms with van der Waals surface area (Å²) >= 11 is 7.82. The summed E-state index contributed by atoms with van der Waals surface area (Å²) < 4.78 is 0. The van der Waals surface area contributed by atoms with Crippen molar-refractivity contribution >= 4 is 40.4 Å². The van der Waals surface area contributed by atoms with Crippen molar-refractivity contribution < 1.29 is 5.11 Å². The first kappa shape index (κ1) is 20.2. The van der Waals surface area contributed by atoms with Crippen molar-refractivity contribution in [3.8, 4) is 11.8 Å². The molecule has 2 aliphatic heterocycles. The van der Waals surface area contributed by atoms with Crippen LogP contribution in [0.4, 0.5) is 17.5 Å². The SMILES string of the molecule is CN1CC2(C1)CN(c1nc(N)ncc1Cl)c1cc(C#CC(C)(O)c3nccs3)ccc12. The number of aliphatic hydroxyl groups is 1. The van der Waals surface area contributed by atoms with E-state index in [2.05, 4.69) is 49.7 Å². The number of anilines is 3. The van der Waals surface area contributed by atoms with Gasteiger partial charge in [0.25, 0.3) is 0 Å². The van der Waals surface area contributed by atoms with Gasteiger partial charge in [0.05, 0.1) is 6.20 Å². The fourth-order valence-corrected chi connectivity index (χ4v) is 5.32. The predicted molar refractivity (Wildman–Crippen MR) is 123 cm³/mol. The van der Waals surface area contributed by atoms with E-state index >= 15 is 0 Å². The lowest BCUT2D eigenvalue weighted by Gasteiger charge is -2.46. The van der Waals surface area contributed by atoms with Crippen molar-refractivity contribution in [3.63, 3.8) is 0 Å². The van der Waals surface area contributed by atoms with Crippen molar-refractivity contribution in [2.24, 2.45) is 0 Å². The van der Waals surface area contributed by atoms with E-state index in [-0.39, 0.29) is 11.4 Å². The molecule has 5 rings (SSSR count). The Hall–Kier alpha value is -2.70. The Morgan fingerprint density at radius 3 is 2.81 bits per heavy atom. The second-order valence-corrected chi connectivity index (χ2v) is 9.63. The van der Waals surface area contributed by atoms with Gasteiger partial charge >= 0.3 is 0 Å². The van der Waals surface area contributed by atoms with Crippen LogP contribution in [0.5, 0.6) is 0 Å². The lowest BCUT2D eigenvalue weighted by Crippen LogP contribution is -2.59. The minimum absolute atomic E-state index is 0.0193. The summed E-state index contributed by atoms with van der Waals surface area (Å²) in [6.45, 7) is 4.33. The monoisotopic (exact) mass is 452 g/mol. The average Bonchev–Trinajstić information content (AvgIpc) is 3.36. The third kappa shape index (κ3) is 3.44. The van der Waals surface area contributed by atoms with Gasteiger partial charge in [0.15, 0.2) is 11.4 Å². The first-order valence-corrected chi connectivity index (χ1v) is 11.1. The summed E-state index contributed by atoms with van der Waals surface area (Å²) in [7, 11) is 2.11. The minimum Gasteiger partial charge on any atom is -0.371 e. The number of aromatic nitrogens is 3. The Kier molecular flexibility index (Phi) is 4.68. The van der Waals surface area contributed by atoms with Gasteiger partial charge in [0.2, 0.25) is 5.95 Å². The number of thiazole rings is 1. The number of likely N-dealkylation sites (N-methyl/N-ethyl adjacent to an activating group) is 1. The van der Waals surface area contributed by atoms with Gasteiger partial charge < -0.3 is 20.6 Å². The van der Waals surface area contributed by atoms with Crippen LogP contribution in [0.25, 0.3) is 0 Å². The maximum atomic E-state index is 10.7. The van der Waals surface area contributed by atoms with E-state index in [0.29, 0.717) is 15.8 Å². The zero-order valence-electron chi connectivity index (χ0n) is 17.1. The van der Waals surface area contributed by atoms with Crippen molar-refractivity contribution in [1.29, 1.82) is 0 Å². The van der Waals surface area contributed by atoms with Gasteiger partial charge in [0, 0.05) is 47.9 Å². The zero-order valence-corrected chi connectivity index (χ0v) is 18.7. The summed E-state index contributed by atoms with van der Waals surface area (Å²) in [6.07, 6.45) is 3.20. The third-order valence-electron chi connectivity index (χ3n) is 5.76. The number of nitrogen functional groups attached to an aromatic ring is 1. The maximum Gasteiger partial charge on any atom is 0.222 e. The lowest BCUT2D eigenvalue weighted by atomic mass is 9.75. The predicted octanol–water partition coefficient (Wildman–Crippen LogP) is 2.76. The molecule has 0 bridgehead atoms. The number of nitrogens with zero attached hydrogens (tertiary/aromatic N) is 5. The summed E-state index contributed by atoms with van der Waals surface area (Å²) in [4.78, 5) is 17.0. The molecule has 1 fully saturated rings. The van der Waals surface area contributed by atoms with Gasteiger partial charge in [-0.3, -0.25) is 0 Å². The van der Waals surface area contributed by atoms with Crippen LogP contribution in [-0.2, 0) is 11.0 Å². The Balaban J connectivity index is 1.57. The van der Waals surface area contributed by atoms with E-state index < -0.39 is 5.60 Å². The zero-order chi connectivity index (χ0) is 21.8. The number of benzene rings is 1. The largest absolute Gasteiger partial charge is 0.371 e. The molecule has 1 saturated heterocycles. The molecule has 4 heterocycles. The molecule has 1 spiro atoms. The van der Waals surface area contributed by atoms with E-state index in [1.165, 1.54) is 23.1 Å². The summed E-state index contributed by atoms with van der Waals surface area (Å²) in [5, 5.41) is 13.5. The Morgan fingerprint density at radius 2 is 2.10 bits per heavy atom. The standard InChI is InChI=1S/C22H21ClN6OS/c1-21(30,19-25-7-8-31-19)6-5-14-3-4-15-17(9-14)29(13-22(15)11-28(2)12-22)18-16(23)10-26-20(24)27-18/h3-4,7-10,30H,11-13H2,1-2H3,(H2,24,26,27). The van der Waals surface area contributed by atoms with E-state index in [9.17, 15) is 5.11 Å². The highest BCUT2D eigenvalue weighted by Gasteiger charge is 2.50. The number of nitrogens with two attached hydrogens (primary N) is 1.